The third-order valence-electron chi connectivity index (χ3n) is 2.84. The predicted molar refractivity (Wildman–Crippen MR) is 50.9 cm³/mol. The molecule has 1 aromatic carbocycles. The van der Waals surface area contributed by atoms with E-state index in [9.17, 15) is 8.78 Å². The van der Waals surface area contributed by atoms with Gasteiger partial charge in [0.15, 0.2) is 11.6 Å². The Labute approximate surface area is 82.1 Å². The second-order valence-corrected chi connectivity index (χ2v) is 3.87. The molecule has 14 heavy (non-hydrogen) atoms. The third kappa shape index (κ3) is 1.64. The molecule has 76 valence electrons. The fourth-order valence-corrected chi connectivity index (χ4v) is 1.99. The van der Waals surface area contributed by atoms with Gasteiger partial charge in [0, 0.05) is 6.04 Å². The highest BCUT2D eigenvalue weighted by molar-refractivity contribution is 5.22. The van der Waals surface area contributed by atoms with Crippen LogP contribution in [0.1, 0.15) is 24.9 Å². The predicted octanol–water partition coefficient (Wildman–Crippen LogP) is 2.64. The Morgan fingerprint density at radius 1 is 1.29 bits per heavy atom. The van der Waals surface area contributed by atoms with Crippen LogP contribution in [0.2, 0.25) is 0 Å². The van der Waals surface area contributed by atoms with Gasteiger partial charge in [0.2, 0.25) is 0 Å². The molecule has 0 aromatic heterocycles. The highest BCUT2D eigenvalue weighted by Gasteiger charge is 2.24. The quantitative estimate of drug-likeness (QED) is 0.729. The number of halogens is 2. The Morgan fingerprint density at radius 2 is 2.07 bits per heavy atom. The van der Waals surface area contributed by atoms with Crippen molar-refractivity contribution in [2.45, 2.75) is 19.4 Å². The van der Waals surface area contributed by atoms with Crippen molar-refractivity contribution in [3.8, 4) is 0 Å². The normalized spacial score (nSPS) is 26.8. The van der Waals surface area contributed by atoms with E-state index >= 15 is 0 Å². The van der Waals surface area contributed by atoms with Crippen LogP contribution < -0.4 is 5.32 Å². The lowest BCUT2D eigenvalue weighted by atomic mass is 9.96. The van der Waals surface area contributed by atoms with E-state index in [0.29, 0.717) is 5.92 Å². The van der Waals surface area contributed by atoms with Crippen LogP contribution >= 0.6 is 0 Å². The van der Waals surface area contributed by atoms with Crippen molar-refractivity contribution in [1.82, 2.24) is 5.32 Å². The zero-order valence-electron chi connectivity index (χ0n) is 8.06. The molecule has 0 aliphatic carbocycles. The van der Waals surface area contributed by atoms with E-state index in [0.717, 1.165) is 18.5 Å². The van der Waals surface area contributed by atoms with Crippen LogP contribution in [0.4, 0.5) is 8.78 Å². The molecule has 1 N–H and O–H groups in total. The van der Waals surface area contributed by atoms with Crippen LogP contribution in [0.25, 0.3) is 0 Å². The van der Waals surface area contributed by atoms with Gasteiger partial charge in [-0.3, -0.25) is 0 Å². The van der Waals surface area contributed by atoms with Gasteiger partial charge in [-0.05, 0) is 36.6 Å². The summed E-state index contributed by atoms with van der Waals surface area (Å²) >= 11 is 0. The molecule has 0 saturated carbocycles. The van der Waals surface area contributed by atoms with Crippen LogP contribution in [0.3, 0.4) is 0 Å². The fraction of sp³-hybridized carbons (Fsp3) is 0.455. The maximum Gasteiger partial charge on any atom is 0.159 e. The fourth-order valence-electron chi connectivity index (χ4n) is 1.99. The summed E-state index contributed by atoms with van der Waals surface area (Å²) in [5, 5.41) is 3.28. The molecule has 1 aliphatic rings. The summed E-state index contributed by atoms with van der Waals surface area (Å²) in [7, 11) is 0. The molecule has 1 aliphatic heterocycles. The maximum atomic E-state index is 13.0. The van der Waals surface area contributed by atoms with Crippen molar-refractivity contribution < 1.29 is 8.78 Å². The van der Waals surface area contributed by atoms with Gasteiger partial charge in [0.1, 0.15) is 0 Å². The molecule has 1 nitrogen and oxygen atoms in total. The first-order valence-electron chi connectivity index (χ1n) is 4.87. The Bertz CT molecular complexity index is 338. The summed E-state index contributed by atoms with van der Waals surface area (Å²) in [6.45, 7) is 3.07. The van der Waals surface area contributed by atoms with Gasteiger partial charge in [-0.2, -0.15) is 0 Å². The molecule has 1 saturated heterocycles. The Morgan fingerprint density at radius 3 is 2.64 bits per heavy atom. The molecular formula is C11H13F2N. The van der Waals surface area contributed by atoms with Crippen molar-refractivity contribution in [2.24, 2.45) is 5.92 Å². The summed E-state index contributed by atoms with van der Waals surface area (Å²) in [5.74, 6) is -1.05. The number of rotatable bonds is 1. The monoisotopic (exact) mass is 197 g/mol. The summed E-state index contributed by atoms with van der Waals surface area (Å²) in [5.41, 5.74) is 0.842. The zero-order chi connectivity index (χ0) is 10.1. The van der Waals surface area contributed by atoms with Crippen LogP contribution in [0, 0.1) is 17.6 Å². The Hall–Kier alpha value is -0.960. The van der Waals surface area contributed by atoms with Gasteiger partial charge in [-0.1, -0.05) is 13.0 Å². The first-order chi connectivity index (χ1) is 6.68. The van der Waals surface area contributed by atoms with Crippen molar-refractivity contribution in [3.05, 3.63) is 35.4 Å². The smallest absolute Gasteiger partial charge is 0.159 e. The molecule has 0 radical (unpaired) electrons. The topological polar surface area (TPSA) is 12.0 Å². The van der Waals surface area contributed by atoms with Crippen molar-refractivity contribution in [3.63, 3.8) is 0 Å². The van der Waals surface area contributed by atoms with Crippen molar-refractivity contribution >= 4 is 0 Å². The zero-order valence-corrected chi connectivity index (χ0v) is 8.06. The molecule has 1 fully saturated rings. The van der Waals surface area contributed by atoms with Crippen molar-refractivity contribution in [2.75, 3.05) is 6.54 Å². The number of hydrogen-bond donors (Lipinski definition) is 1. The van der Waals surface area contributed by atoms with E-state index in [1.54, 1.807) is 6.07 Å². The molecule has 0 spiro atoms. The van der Waals surface area contributed by atoms with Gasteiger partial charge in [0.25, 0.3) is 0 Å². The molecule has 2 unspecified atom stereocenters. The minimum absolute atomic E-state index is 0.171. The summed E-state index contributed by atoms with van der Waals surface area (Å²) in [6, 6.07) is 4.30. The van der Waals surface area contributed by atoms with Crippen molar-refractivity contribution in [1.29, 1.82) is 0 Å². The molecule has 3 heteroatoms. The van der Waals surface area contributed by atoms with Gasteiger partial charge >= 0.3 is 0 Å². The van der Waals surface area contributed by atoms with E-state index in [1.807, 2.05) is 0 Å². The summed E-state index contributed by atoms with van der Waals surface area (Å²) in [6.07, 6.45) is 1.09. The first-order valence-corrected chi connectivity index (χ1v) is 4.87. The molecule has 0 amide bonds. The lowest BCUT2D eigenvalue weighted by Crippen LogP contribution is -2.16. The minimum Gasteiger partial charge on any atom is -0.310 e. The summed E-state index contributed by atoms with van der Waals surface area (Å²) < 4.78 is 25.6. The van der Waals surface area contributed by atoms with E-state index in [-0.39, 0.29) is 6.04 Å². The second kappa shape index (κ2) is 3.65. The lowest BCUT2D eigenvalue weighted by molar-refractivity contribution is 0.482. The number of hydrogen-bond acceptors (Lipinski definition) is 1. The van der Waals surface area contributed by atoms with Gasteiger partial charge in [-0.15, -0.1) is 0 Å². The average Bonchev–Trinajstić information content (AvgIpc) is 2.57. The van der Waals surface area contributed by atoms with E-state index in [4.69, 9.17) is 0 Å². The Balaban J connectivity index is 2.28. The largest absolute Gasteiger partial charge is 0.310 e. The molecule has 0 bridgehead atoms. The van der Waals surface area contributed by atoms with Crippen LogP contribution in [0.15, 0.2) is 18.2 Å². The second-order valence-electron chi connectivity index (χ2n) is 3.87. The van der Waals surface area contributed by atoms with Gasteiger partial charge in [-0.25, -0.2) is 8.78 Å². The van der Waals surface area contributed by atoms with Gasteiger partial charge in [0.05, 0.1) is 0 Å². The SMILES string of the molecule is CC1CCNC1c1ccc(F)c(F)c1. The number of benzene rings is 1. The molecule has 2 rings (SSSR count). The highest BCUT2D eigenvalue weighted by atomic mass is 19.2. The average molecular weight is 197 g/mol. The molecule has 1 aromatic rings. The molecular weight excluding hydrogens is 184 g/mol. The minimum atomic E-state index is -0.778. The maximum absolute atomic E-state index is 13.0. The molecule has 1 heterocycles. The van der Waals surface area contributed by atoms with Crippen LogP contribution in [-0.4, -0.2) is 6.54 Å². The Kier molecular flexibility index (Phi) is 2.50. The molecule has 2 atom stereocenters. The van der Waals surface area contributed by atoms with E-state index in [1.165, 1.54) is 12.1 Å². The van der Waals surface area contributed by atoms with E-state index in [2.05, 4.69) is 12.2 Å². The van der Waals surface area contributed by atoms with Crippen LogP contribution in [0.5, 0.6) is 0 Å². The first kappa shape index (κ1) is 9.59. The van der Waals surface area contributed by atoms with Gasteiger partial charge < -0.3 is 5.32 Å². The standard InChI is InChI=1S/C11H13F2N/c1-7-4-5-14-11(7)8-2-3-9(12)10(13)6-8/h2-3,6-7,11,14H,4-5H2,1H3. The highest BCUT2D eigenvalue weighted by Crippen LogP contribution is 2.29. The number of nitrogens with one attached hydrogen (secondary N) is 1. The van der Waals surface area contributed by atoms with E-state index < -0.39 is 11.6 Å². The van der Waals surface area contributed by atoms with Crippen LogP contribution in [-0.2, 0) is 0 Å². The lowest BCUT2D eigenvalue weighted by Gasteiger charge is -2.15. The summed E-state index contributed by atoms with van der Waals surface area (Å²) in [4.78, 5) is 0. The third-order valence-corrected chi connectivity index (χ3v) is 2.84.